The predicted octanol–water partition coefficient (Wildman–Crippen LogP) is 1.41. The van der Waals surface area contributed by atoms with Crippen LogP contribution in [0.2, 0.25) is 0 Å². The monoisotopic (exact) mass is 136 g/mol. The molecule has 2 N–H and O–H groups in total. The smallest absolute Gasteiger partial charge is 0.165 e. The summed E-state index contributed by atoms with van der Waals surface area (Å²) in [7, 11) is 0. The molecule has 10 heavy (non-hydrogen) atoms. The topological polar surface area (TPSA) is 55.4 Å². The molecule has 0 fully saturated rings. The SMILES string of the molecule is NC(N=O)c1ccccc1. The van der Waals surface area contributed by atoms with Crippen LogP contribution in [0.4, 0.5) is 0 Å². The fourth-order valence-corrected chi connectivity index (χ4v) is 0.711. The average molecular weight is 136 g/mol. The number of nitroso groups, excluding NO2 is 1. The molecule has 0 aromatic heterocycles. The summed E-state index contributed by atoms with van der Waals surface area (Å²) in [5.74, 6) is 0. The highest BCUT2D eigenvalue weighted by Gasteiger charge is 2.01. The summed E-state index contributed by atoms with van der Waals surface area (Å²) in [6.45, 7) is 0. The predicted molar refractivity (Wildman–Crippen MR) is 39.2 cm³/mol. The first-order chi connectivity index (χ1) is 4.84. The third-order valence-corrected chi connectivity index (χ3v) is 1.25. The van der Waals surface area contributed by atoms with Gasteiger partial charge in [0.05, 0.1) is 0 Å². The molecule has 0 aliphatic rings. The zero-order chi connectivity index (χ0) is 7.40. The lowest BCUT2D eigenvalue weighted by Gasteiger charge is -1.99. The van der Waals surface area contributed by atoms with Crippen molar-refractivity contribution in [2.45, 2.75) is 6.17 Å². The van der Waals surface area contributed by atoms with Gasteiger partial charge in [-0.15, -0.1) is 4.91 Å². The number of nitrogens with two attached hydrogens (primary N) is 1. The largest absolute Gasteiger partial charge is 0.303 e. The van der Waals surface area contributed by atoms with E-state index in [9.17, 15) is 4.91 Å². The van der Waals surface area contributed by atoms with Gasteiger partial charge in [0.2, 0.25) is 0 Å². The summed E-state index contributed by atoms with van der Waals surface area (Å²) >= 11 is 0. The number of nitrogens with zero attached hydrogens (tertiary/aromatic N) is 1. The fourth-order valence-electron chi connectivity index (χ4n) is 0.711. The van der Waals surface area contributed by atoms with Crippen molar-refractivity contribution >= 4 is 0 Å². The zero-order valence-electron chi connectivity index (χ0n) is 5.40. The lowest BCUT2D eigenvalue weighted by atomic mass is 10.2. The van der Waals surface area contributed by atoms with E-state index in [-0.39, 0.29) is 0 Å². The molecule has 3 nitrogen and oxygen atoms in total. The van der Waals surface area contributed by atoms with Gasteiger partial charge in [-0.05, 0) is 10.7 Å². The minimum Gasteiger partial charge on any atom is -0.303 e. The molecule has 0 heterocycles. The molecule has 1 aromatic carbocycles. The van der Waals surface area contributed by atoms with Crippen LogP contribution in [0.3, 0.4) is 0 Å². The first kappa shape index (κ1) is 6.89. The van der Waals surface area contributed by atoms with Gasteiger partial charge in [0.15, 0.2) is 6.17 Å². The van der Waals surface area contributed by atoms with Crippen molar-refractivity contribution in [3.8, 4) is 0 Å². The van der Waals surface area contributed by atoms with Crippen molar-refractivity contribution in [3.63, 3.8) is 0 Å². The van der Waals surface area contributed by atoms with Gasteiger partial charge in [0.25, 0.3) is 0 Å². The Morgan fingerprint density at radius 1 is 1.30 bits per heavy atom. The van der Waals surface area contributed by atoms with E-state index in [2.05, 4.69) is 5.18 Å². The molecular weight excluding hydrogens is 128 g/mol. The van der Waals surface area contributed by atoms with Crippen molar-refractivity contribution in [3.05, 3.63) is 40.8 Å². The summed E-state index contributed by atoms with van der Waals surface area (Å²) in [6.07, 6.45) is -0.721. The van der Waals surface area contributed by atoms with Crippen molar-refractivity contribution in [2.24, 2.45) is 10.9 Å². The van der Waals surface area contributed by atoms with Gasteiger partial charge in [-0.3, -0.25) is 0 Å². The summed E-state index contributed by atoms with van der Waals surface area (Å²) in [6, 6.07) is 9.04. The van der Waals surface area contributed by atoms with Crippen LogP contribution in [-0.4, -0.2) is 0 Å². The van der Waals surface area contributed by atoms with E-state index < -0.39 is 6.17 Å². The van der Waals surface area contributed by atoms with E-state index >= 15 is 0 Å². The normalized spacial score (nSPS) is 12.5. The third-order valence-electron chi connectivity index (χ3n) is 1.25. The maximum Gasteiger partial charge on any atom is 0.165 e. The van der Waals surface area contributed by atoms with Crippen LogP contribution in [0.5, 0.6) is 0 Å². The lowest BCUT2D eigenvalue weighted by Crippen LogP contribution is -2.05. The molecule has 0 aliphatic heterocycles. The van der Waals surface area contributed by atoms with Crippen LogP contribution in [0, 0.1) is 4.91 Å². The van der Waals surface area contributed by atoms with Crippen LogP contribution < -0.4 is 5.73 Å². The van der Waals surface area contributed by atoms with E-state index in [1.165, 1.54) is 0 Å². The van der Waals surface area contributed by atoms with Crippen molar-refractivity contribution in [1.29, 1.82) is 0 Å². The molecule has 0 radical (unpaired) electrons. The quantitative estimate of drug-likeness (QED) is 0.625. The second-order valence-corrected chi connectivity index (χ2v) is 1.96. The Labute approximate surface area is 58.8 Å². The highest BCUT2D eigenvalue weighted by atomic mass is 16.3. The minimum atomic E-state index is -0.721. The van der Waals surface area contributed by atoms with Gasteiger partial charge in [-0.1, -0.05) is 30.3 Å². The average Bonchev–Trinajstić information content (AvgIpc) is 2.05. The number of hydrogen-bond donors (Lipinski definition) is 1. The van der Waals surface area contributed by atoms with Crippen LogP contribution in [0.1, 0.15) is 11.7 Å². The molecule has 0 aliphatic carbocycles. The first-order valence-electron chi connectivity index (χ1n) is 2.97. The molecular formula is C7H8N2O. The molecule has 52 valence electrons. The first-order valence-corrected chi connectivity index (χ1v) is 2.97. The Hall–Kier alpha value is -1.22. The zero-order valence-corrected chi connectivity index (χ0v) is 5.40. The van der Waals surface area contributed by atoms with E-state index in [0.29, 0.717) is 0 Å². The van der Waals surface area contributed by atoms with E-state index in [1.807, 2.05) is 18.2 Å². The van der Waals surface area contributed by atoms with Crippen LogP contribution in [0.25, 0.3) is 0 Å². The van der Waals surface area contributed by atoms with Crippen molar-refractivity contribution in [1.82, 2.24) is 0 Å². The Morgan fingerprint density at radius 3 is 2.40 bits per heavy atom. The number of hydrogen-bond acceptors (Lipinski definition) is 3. The molecule has 1 aromatic rings. The summed E-state index contributed by atoms with van der Waals surface area (Å²) in [5.41, 5.74) is 6.06. The third kappa shape index (κ3) is 1.39. The van der Waals surface area contributed by atoms with Crippen molar-refractivity contribution in [2.75, 3.05) is 0 Å². The standard InChI is InChI=1S/C7H8N2O/c8-7(9-10)6-4-2-1-3-5-6/h1-5,7H,8H2. The lowest BCUT2D eigenvalue weighted by molar-refractivity contribution is 0.768. The van der Waals surface area contributed by atoms with Crippen LogP contribution in [-0.2, 0) is 0 Å². The molecule has 1 unspecified atom stereocenters. The Balaban J connectivity index is 2.84. The Bertz CT molecular complexity index is 210. The van der Waals surface area contributed by atoms with Crippen LogP contribution in [0.15, 0.2) is 35.5 Å². The summed E-state index contributed by atoms with van der Waals surface area (Å²) in [4.78, 5) is 9.93. The van der Waals surface area contributed by atoms with Gasteiger partial charge in [0, 0.05) is 0 Å². The molecule has 0 spiro atoms. The fraction of sp³-hybridized carbons (Fsp3) is 0.143. The van der Waals surface area contributed by atoms with E-state index in [0.717, 1.165) is 5.56 Å². The molecule has 0 amide bonds. The molecule has 1 atom stereocenters. The molecule has 0 saturated carbocycles. The minimum absolute atomic E-state index is 0.721. The molecule has 3 heteroatoms. The van der Waals surface area contributed by atoms with E-state index in [4.69, 9.17) is 5.73 Å². The summed E-state index contributed by atoms with van der Waals surface area (Å²) < 4.78 is 0. The maximum atomic E-state index is 9.93. The highest BCUT2D eigenvalue weighted by Crippen LogP contribution is 2.08. The van der Waals surface area contributed by atoms with Crippen molar-refractivity contribution < 1.29 is 0 Å². The maximum absolute atomic E-state index is 9.93. The number of benzene rings is 1. The number of rotatable bonds is 2. The Morgan fingerprint density at radius 2 is 1.90 bits per heavy atom. The molecule has 0 bridgehead atoms. The Kier molecular flexibility index (Phi) is 2.12. The second-order valence-electron chi connectivity index (χ2n) is 1.96. The van der Waals surface area contributed by atoms with Gasteiger partial charge in [0.1, 0.15) is 0 Å². The second kappa shape index (κ2) is 3.08. The van der Waals surface area contributed by atoms with Gasteiger partial charge in [-0.2, -0.15) is 0 Å². The van der Waals surface area contributed by atoms with Crippen LogP contribution >= 0.6 is 0 Å². The van der Waals surface area contributed by atoms with Gasteiger partial charge < -0.3 is 5.73 Å². The molecule has 0 saturated heterocycles. The van der Waals surface area contributed by atoms with Gasteiger partial charge >= 0.3 is 0 Å². The highest BCUT2D eigenvalue weighted by molar-refractivity contribution is 5.17. The molecule has 1 rings (SSSR count). The van der Waals surface area contributed by atoms with E-state index in [1.54, 1.807) is 12.1 Å². The summed E-state index contributed by atoms with van der Waals surface area (Å²) in [5, 5.41) is 2.69. The van der Waals surface area contributed by atoms with Gasteiger partial charge in [-0.25, -0.2) is 0 Å².